The number of rotatable bonds is 4. The lowest BCUT2D eigenvalue weighted by atomic mass is 9.90. The molecule has 0 aromatic rings. The summed E-state index contributed by atoms with van der Waals surface area (Å²) in [5, 5.41) is 13.4. The largest absolute Gasteiger partial charge is 0.481 e. The van der Waals surface area contributed by atoms with Crippen molar-refractivity contribution >= 4 is 18.0 Å². The smallest absolute Gasteiger partial charge is 0.408 e. The molecule has 3 N–H and O–H groups in total. The van der Waals surface area contributed by atoms with E-state index >= 15 is 0 Å². The second kappa shape index (κ2) is 10.9. The normalized spacial score (nSPS) is 15.0. The summed E-state index contributed by atoms with van der Waals surface area (Å²) < 4.78 is 4.94. The zero-order valence-corrected chi connectivity index (χ0v) is 14.6. The van der Waals surface area contributed by atoms with Crippen molar-refractivity contribution in [3.8, 4) is 0 Å². The van der Waals surface area contributed by atoms with Crippen LogP contribution in [0.4, 0.5) is 4.79 Å². The Balaban J connectivity index is 0.000000459. The number of ether oxygens (including phenoxy) is 1. The highest BCUT2D eigenvalue weighted by molar-refractivity contribution is 5.82. The van der Waals surface area contributed by atoms with Crippen molar-refractivity contribution in [2.75, 3.05) is 13.1 Å². The van der Waals surface area contributed by atoms with Gasteiger partial charge >= 0.3 is 12.1 Å². The number of carboxylic acids is 1. The fourth-order valence-electron chi connectivity index (χ4n) is 2.08. The Kier molecular flexibility index (Phi) is 10.0. The summed E-state index contributed by atoms with van der Waals surface area (Å²) in [5.41, 5.74) is -0.536. The number of carboxylic acid groups (broad SMARTS) is 1. The number of carbonyl (C=O) groups is 3. The topological polar surface area (TPSA) is 105 Å². The molecule has 7 nitrogen and oxygen atoms in total. The molecule has 0 atom stereocenters. The SMILES string of the molecule is CCNC(=O)CNC(=O)OC(C)(C)C.O=C(O)C1CCCCC1. The number of hydrogen-bond donors (Lipinski definition) is 3. The lowest BCUT2D eigenvalue weighted by molar-refractivity contribution is -0.142. The Morgan fingerprint density at radius 3 is 2.04 bits per heavy atom. The van der Waals surface area contributed by atoms with Gasteiger partial charge in [0, 0.05) is 6.54 Å². The molecule has 7 heteroatoms. The highest BCUT2D eigenvalue weighted by Crippen LogP contribution is 2.23. The first kappa shape index (κ1) is 21.2. The summed E-state index contributed by atoms with van der Waals surface area (Å²) in [6.45, 7) is 7.60. The van der Waals surface area contributed by atoms with Crippen LogP contribution >= 0.6 is 0 Å². The first-order chi connectivity index (χ1) is 10.7. The molecule has 0 aliphatic heterocycles. The molecule has 0 aromatic carbocycles. The predicted molar refractivity (Wildman–Crippen MR) is 87.1 cm³/mol. The van der Waals surface area contributed by atoms with Gasteiger partial charge in [-0.05, 0) is 40.5 Å². The highest BCUT2D eigenvalue weighted by Gasteiger charge is 2.19. The summed E-state index contributed by atoms with van der Waals surface area (Å²) in [4.78, 5) is 32.3. The molecule has 23 heavy (non-hydrogen) atoms. The Hall–Kier alpha value is -1.79. The Labute approximate surface area is 138 Å². The standard InChI is InChI=1S/C9H18N2O3.C7H12O2/c1-5-10-7(12)6-11-8(13)14-9(2,3)4;8-7(9)6-4-2-1-3-5-6/h5-6H2,1-4H3,(H,10,12)(H,11,13);6H,1-5H2,(H,8,9). The Morgan fingerprint density at radius 1 is 1.09 bits per heavy atom. The average molecular weight is 330 g/mol. The van der Waals surface area contributed by atoms with Gasteiger partial charge in [-0.2, -0.15) is 0 Å². The van der Waals surface area contributed by atoms with Gasteiger partial charge in [0.25, 0.3) is 0 Å². The molecule has 1 aliphatic rings. The molecule has 0 radical (unpaired) electrons. The number of aliphatic carboxylic acids is 1. The zero-order valence-electron chi connectivity index (χ0n) is 14.6. The van der Waals surface area contributed by atoms with E-state index in [2.05, 4.69) is 10.6 Å². The van der Waals surface area contributed by atoms with Crippen LogP contribution in [0.2, 0.25) is 0 Å². The van der Waals surface area contributed by atoms with Crippen LogP contribution in [0.3, 0.4) is 0 Å². The minimum Gasteiger partial charge on any atom is -0.481 e. The molecule has 0 unspecified atom stereocenters. The van der Waals surface area contributed by atoms with Gasteiger partial charge in [0.05, 0.1) is 12.5 Å². The maximum Gasteiger partial charge on any atom is 0.408 e. The van der Waals surface area contributed by atoms with E-state index in [9.17, 15) is 14.4 Å². The van der Waals surface area contributed by atoms with Gasteiger partial charge in [-0.25, -0.2) is 4.79 Å². The van der Waals surface area contributed by atoms with E-state index in [1.165, 1.54) is 6.42 Å². The van der Waals surface area contributed by atoms with Gasteiger partial charge in [-0.1, -0.05) is 19.3 Å². The van der Waals surface area contributed by atoms with Crippen LogP contribution < -0.4 is 10.6 Å². The average Bonchev–Trinajstić information content (AvgIpc) is 2.45. The number of nitrogens with one attached hydrogen (secondary N) is 2. The maximum absolute atomic E-state index is 11.1. The summed E-state index contributed by atoms with van der Waals surface area (Å²) in [6, 6.07) is 0. The third kappa shape index (κ3) is 12.4. The first-order valence-electron chi connectivity index (χ1n) is 8.12. The number of likely N-dealkylation sites (N-methyl/N-ethyl adjacent to an activating group) is 1. The maximum atomic E-state index is 11.1. The highest BCUT2D eigenvalue weighted by atomic mass is 16.6. The van der Waals surface area contributed by atoms with Gasteiger partial charge < -0.3 is 20.5 Å². The fraction of sp³-hybridized carbons (Fsp3) is 0.812. The molecule has 134 valence electrons. The zero-order chi connectivity index (χ0) is 17.9. The van der Waals surface area contributed by atoms with E-state index in [-0.39, 0.29) is 18.4 Å². The van der Waals surface area contributed by atoms with E-state index < -0.39 is 17.7 Å². The van der Waals surface area contributed by atoms with Crippen LogP contribution in [-0.4, -0.2) is 41.8 Å². The number of amides is 2. The van der Waals surface area contributed by atoms with Crippen molar-refractivity contribution in [2.45, 2.75) is 65.4 Å². The van der Waals surface area contributed by atoms with Crippen molar-refractivity contribution in [3.63, 3.8) is 0 Å². The van der Waals surface area contributed by atoms with Gasteiger partial charge in [-0.15, -0.1) is 0 Å². The van der Waals surface area contributed by atoms with E-state index in [0.29, 0.717) is 6.54 Å². The molecule has 1 fully saturated rings. The molecular weight excluding hydrogens is 300 g/mol. The van der Waals surface area contributed by atoms with Gasteiger partial charge in [0.1, 0.15) is 5.60 Å². The lowest BCUT2D eigenvalue weighted by Gasteiger charge is -2.19. The van der Waals surface area contributed by atoms with Crippen molar-refractivity contribution < 1.29 is 24.2 Å². The Bertz CT molecular complexity index is 384. The summed E-state index contributed by atoms with van der Waals surface area (Å²) in [5.74, 6) is -0.855. The molecule has 1 saturated carbocycles. The van der Waals surface area contributed by atoms with E-state index in [4.69, 9.17) is 9.84 Å². The minimum atomic E-state index is -0.602. The van der Waals surface area contributed by atoms with Crippen LogP contribution in [0, 0.1) is 5.92 Å². The van der Waals surface area contributed by atoms with E-state index in [1.54, 1.807) is 20.8 Å². The fourth-order valence-corrected chi connectivity index (χ4v) is 2.08. The molecule has 0 heterocycles. The molecular formula is C16H30N2O5. The molecule has 1 aliphatic carbocycles. The van der Waals surface area contributed by atoms with Crippen molar-refractivity contribution in [1.82, 2.24) is 10.6 Å². The van der Waals surface area contributed by atoms with Crippen LogP contribution in [0.15, 0.2) is 0 Å². The molecule has 2 amide bonds. The number of hydrogen-bond acceptors (Lipinski definition) is 4. The summed E-state index contributed by atoms with van der Waals surface area (Å²) in [7, 11) is 0. The van der Waals surface area contributed by atoms with Crippen molar-refractivity contribution in [3.05, 3.63) is 0 Å². The van der Waals surface area contributed by atoms with Gasteiger partial charge in [-0.3, -0.25) is 9.59 Å². The summed E-state index contributed by atoms with van der Waals surface area (Å²) in [6.07, 6.45) is 4.66. The quantitative estimate of drug-likeness (QED) is 0.733. The molecule has 0 spiro atoms. The third-order valence-corrected chi connectivity index (χ3v) is 3.12. The van der Waals surface area contributed by atoms with Crippen LogP contribution in [0.5, 0.6) is 0 Å². The Morgan fingerprint density at radius 2 is 1.65 bits per heavy atom. The first-order valence-corrected chi connectivity index (χ1v) is 8.12. The molecule has 0 bridgehead atoms. The predicted octanol–water partition coefficient (Wildman–Crippen LogP) is 2.30. The van der Waals surface area contributed by atoms with E-state index in [1.807, 2.05) is 6.92 Å². The third-order valence-electron chi connectivity index (χ3n) is 3.12. The van der Waals surface area contributed by atoms with Gasteiger partial charge in [0.15, 0.2) is 0 Å². The monoisotopic (exact) mass is 330 g/mol. The molecule has 0 aromatic heterocycles. The number of alkyl carbamates (subject to hydrolysis) is 1. The van der Waals surface area contributed by atoms with Crippen LogP contribution in [0.25, 0.3) is 0 Å². The van der Waals surface area contributed by atoms with Crippen molar-refractivity contribution in [1.29, 1.82) is 0 Å². The molecule has 1 rings (SSSR count). The second-order valence-corrected chi connectivity index (χ2v) is 6.48. The van der Waals surface area contributed by atoms with Gasteiger partial charge in [0.2, 0.25) is 5.91 Å². The van der Waals surface area contributed by atoms with Crippen molar-refractivity contribution in [2.24, 2.45) is 5.92 Å². The molecule has 0 saturated heterocycles. The lowest BCUT2D eigenvalue weighted by Crippen LogP contribution is -2.39. The van der Waals surface area contributed by atoms with Crippen LogP contribution in [-0.2, 0) is 14.3 Å². The van der Waals surface area contributed by atoms with E-state index in [0.717, 1.165) is 25.7 Å². The summed E-state index contributed by atoms with van der Waals surface area (Å²) >= 11 is 0. The minimum absolute atomic E-state index is 0.0289. The second-order valence-electron chi connectivity index (χ2n) is 6.48. The van der Waals surface area contributed by atoms with Crippen LogP contribution in [0.1, 0.15) is 59.8 Å². The number of carbonyl (C=O) groups excluding carboxylic acids is 2.